The number of aliphatic hydroxyl groups is 1. The molecule has 7 rings (SSSR count). The highest BCUT2D eigenvalue weighted by Gasteiger charge is 2.48. The van der Waals surface area contributed by atoms with E-state index in [0.717, 1.165) is 22.1 Å². The summed E-state index contributed by atoms with van der Waals surface area (Å²) < 4.78 is 6.59. The lowest BCUT2D eigenvalue weighted by Gasteiger charge is -2.22. The van der Waals surface area contributed by atoms with Crippen LogP contribution in [0.2, 0.25) is 0 Å². The molecule has 2 aromatic heterocycles. The van der Waals surface area contributed by atoms with Crippen LogP contribution >= 0.6 is 23.1 Å². The third kappa shape index (κ3) is 6.25. The molecule has 1 atom stereocenters. The number of pyridine rings is 1. The van der Waals surface area contributed by atoms with E-state index in [0.29, 0.717) is 33.6 Å². The number of aromatic nitrogens is 3. The van der Waals surface area contributed by atoms with E-state index in [1.54, 1.807) is 48.8 Å². The van der Waals surface area contributed by atoms with Crippen LogP contribution in [-0.2, 0) is 21.9 Å². The minimum Gasteiger partial charge on any atom is -0.507 e. The van der Waals surface area contributed by atoms with Crippen molar-refractivity contribution < 1.29 is 19.4 Å². The minimum absolute atomic E-state index is 0.0326. The van der Waals surface area contributed by atoms with Crippen molar-refractivity contribution in [1.82, 2.24) is 15.2 Å². The average molecular weight is 657 g/mol. The fourth-order valence-corrected chi connectivity index (χ4v) is 7.51. The monoisotopic (exact) mass is 656 g/mol. The number of hydrogen-bond donors (Lipinski definition) is 1. The lowest BCUT2D eigenvalue weighted by atomic mass is 9.96. The molecule has 0 saturated carbocycles. The highest BCUT2D eigenvalue weighted by Crippen LogP contribution is 2.44. The number of hydrogen-bond acceptors (Lipinski definition) is 9. The van der Waals surface area contributed by atoms with E-state index in [9.17, 15) is 14.7 Å². The highest BCUT2D eigenvalue weighted by atomic mass is 32.2. The van der Waals surface area contributed by atoms with E-state index < -0.39 is 17.7 Å². The van der Waals surface area contributed by atoms with Gasteiger partial charge in [0.05, 0.1) is 11.6 Å². The molecule has 232 valence electrons. The molecule has 47 heavy (non-hydrogen) atoms. The fourth-order valence-electron chi connectivity index (χ4n) is 5.64. The van der Waals surface area contributed by atoms with Gasteiger partial charge in [0.1, 0.15) is 18.1 Å². The maximum Gasteiger partial charge on any atom is 0.301 e. The summed E-state index contributed by atoms with van der Waals surface area (Å²) in [6, 6.07) is 31.8. The normalized spacial score (nSPS) is 15.8. The van der Waals surface area contributed by atoms with E-state index in [2.05, 4.69) is 45.5 Å². The van der Waals surface area contributed by atoms with Crippen LogP contribution in [0, 0.1) is 6.92 Å². The van der Waals surface area contributed by atoms with Gasteiger partial charge in [-0.05, 0) is 70.8 Å². The van der Waals surface area contributed by atoms with Gasteiger partial charge in [-0.2, -0.15) is 0 Å². The van der Waals surface area contributed by atoms with Crippen molar-refractivity contribution in [2.45, 2.75) is 29.7 Å². The molecule has 0 bridgehead atoms. The number of ketones is 1. The Morgan fingerprint density at radius 3 is 2.49 bits per heavy atom. The number of thioether (sulfide) groups is 1. The second-order valence-electron chi connectivity index (χ2n) is 11.0. The molecule has 8 nitrogen and oxygen atoms in total. The van der Waals surface area contributed by atoms with Gasteiger partial charge >= 0.3 is 5.91 Å². The topological polar surface area (TPSA) is 106 Å². The first-order chi connectivity index (χ1) is 23.0. The summed E-state index contributed by atoms with van der Waals surface area (Å²) in [6.07, 6.45) is 3.17. The Morgan fingerprint density at radius 1 is 0.915 bits per heavy atom. The number of ether oxygens (including phenoxy) is 1. The number of nitrogens with zero attached hydrogens (tertiary/aromatic N) is 4. The molecule has 0 spiro atoms. The van der Waals surface area contributed by atoms with Crippen LogP contribution in [0.15, 0.2) is 125 Å². The first-order valence-electron chi connectivity index (χ1n) is 14.9. The summed E-state index contributed by atoms with van der Waals surface area (Å²) in [6.45, 7) is 2.42. The van der Waals surface area contributed by atoms with Crippen molar-refractivity contribution in [3.63, 3.8) is 0 Å². The highest BCUT2D eigenvalue weighted by molar-refractivity contribution is 8.00. The number of carbonyl (C=O) groups excluding carboxylic acids is 2. The molecule has 0 aliphatic carbocycles. The summed E-state index contributed by atoms with van der Waals surface area (Å²) in [5.41, 5.74) is 4.31. The molecule has 4 aromatic carbocycles. The Bertz CT molecular complexity index is 2120. The smallest absolute Gasteiger partial charge is 0.301 e. The second-order valence-corrected chi connectivity index (χ2v) is 13.2. The van der Waals surface area contributed by atoms with Crippen LogP contribution in [0.25, 0.3) is 16.5 Å². The molecule has 1 fully saturated rings. The Labute approximate surface area is 279 Å². The van der Waals surface area contributed by atoms with Gasteiger partial charge in [-0.15, -0.1) is 10.2 Å². The van der Waals surface area contributed by atoms with E-state index in [4.69, 9.17) is 4.74 Å². The molecule has 1 unspecified atom stereocenters. The summed E-state index contributed by atoms with van der Waals surface area (Å²) in [4.78, 5) is 32.6. The number of benzene rings is 4. The fraction of sp³-hybridized carbons (Fsp3) is 0.108. The van der Waals surface area contributed by atoms with Gasteiger partial charge in [-0.25, -0.2) is 0 Å². The molecule has 1 aliphatic rings. The number of aliphatic hydroxyl groups excluding tert-OH is 1. The van der Waals surface area contributed by atoms with Crippen molar-refractivity contribution in [3.05, 3.63) is 149 Å². The molecular formula is C37H28N4O4S2. The molecule has 10 heteroatoms. The predicted molar refractivity (Wildman–Crippen MR) is 184 cm³/mol. The van der Waals surface area contributed by atoms with Crippen LogP contribution in [0.5, 0.6) is 5.75 Å². The van der Waals surface area contributed by atoms with Crippen LogP contribution in [0.4, 0.5) is 5.13 Å². The van der Waals surface area contributed by atoms with Gasteiger partial charge in [-0.1, -0.05) is 95.4 Å². The number of carbonyl (C=O) groups is 2. The number of fused-ring (bicyclic) bond motifs is 1. The Morgan fingerprint density at radius 2 is 1.68 bits per heavy atom. The average Bonchev–Trinajstić information content (AvgIpc) is 3.68. The van der Waals surface area contributed by atoms with Crippen molar-refractivity contribution in [2.24, 2.45) is 0 Å². The van der Waals surface area contributed by atoms with Gasteiger partial charge in [-0.3, -0.25) is 19.5 Å². The Kier molecular flexibility index (Phi) is 8.52. The minimum atomic E-state index is -0.917. The number of Topliss-reactive ketones (excluding diaryl/α,β-unsaturated/α-hetero) is 1. The number of amides is 1. The zero-order chi connectivity index (χ0) is 32.3. The van der Waals surface area contributed by atoms with Crippen LogP contribution in [0.3, 0.4) is 0 Å². The summed E-state index contributed by atoms with van der Waals surface area (Å²) >= 11 is 2.75. The zero-order valence-electron chi connectivity index (χ0n) is 25.2. The number of aryl methyl sites for hydroxylation is 1. The largest absolute Gasteiger partial charge is 0.507 e. The SMILES string of the molecule is Cc1cccc(COc2ccc(C(O)=C3C(=O)C(=O)N(c4nnc(SCc5cccc6ccccc56)s4)C3c3ccncc3)cc2)c1. The van der Waals surface area contributed by atoms with Crippen LogP contribution < -0.4 is 9.64 Å². The van der Waals surface area contributed by atoms with Gasteiger partial charge < -0.3 is 9.84 Å². The van der Waals surface area contributed by atoms with Crippen molar-refractivity contribution in [3.8, 4) is 5.75 Å². The van der Waals surface area contributed by atoms with E-state index in [1.807, 2.05) is 43.3 Å². The van der Waals surface area contributed by atoms with Crippen molar-refractivity contribution >= 4 is 56.5 Å². The third-order valence-electron chi connectivity index (χ3n) is 7.91. The van der Waals surface area contributed by atoms with Gasteiger partial charge in [0.15, 0.2) is 4.34 Å². The third-order valence-corrected chi connectivity index (χ3v) is 10.0. The lowest BCUT2D eigenvalue weighted by Crippen LogP contribution is -2.29. The molecule has 0 radical (unpaired) electrons. The summed E-state index contributed by atoms with van der Waals surface area (Å²) in [7, 11) is 0. The van der Waals surface area contributed by atoms with E-state index in [-0.39, 0.29) is 16.5 Å². The predicted octanol–water partition coefficient (Wildman–Crippen LogP) is 7.89. The number of anilines is 1. The zero-order valence-corrected chi connectivity index (χ0v) is 26.9. The van der Waals surface area contributed by atoms with Gasteiger partial charge in [0.2, 0.25) is 5.13 Å². The standard InChI is InChI=1S/C37H28N4O4S2/c1-23-6-4-7-24(20-23)21-45-29-14-12-27(13-15-29)33(42)31-32(26-16-18-38-19-17-26)41(35(44)34(31)43)36-39-40-37(47-36)46-22-28-10-5-9-25-8-2-3-11-30(25)28/h2-20,32,42H,21-22H2,1H3. The maximum absolute atomic E-state index is 13.6. The van der Waals surface area contributed by atoms with Gasteiger partial charge in [0.25, 0.3) is 5.78 Å². The van der Waals surface area contributed by atoms with Gasteiger partial charge in [0, 0.05) is 23.7 Å². The maximum atomic E-state index is 13.6. The van der Waals surface area contributed by atoms with E-state index in [1.165, 1.54) is 33.4 Å². The molecule has 1 amide bonds. The first kappa shape index (κ1) is 30.3. The second kappa shape index (κ2) is 13.2. The molecule has 1 saturated heterocycles. The van der Waals surface area contributed by atoms with Crippen LogP contribution in [-0.4, -0.2) is 32.0 Å². The van der Waals surface area contributed by atoms with E-state index >= 15 is 0 Å². The Hall–Kier alpha value is -5.32. The lowest BCUT2D eigenvalue weighted by molar-refractivity contribution is -0.132. The first-order valence-corrected chi connectivity index (χ1v) is 16.7. The van der Waals surface area contributed by atoms with Crippen molar-refractivity contribution in [2.75, 3.05) is 4.90 Å². The molecular weight excluding hydrogens is 629 g/mol. The number of rotatable bonds is 9. The Balaban J connectivity index is 1.16. The van der Waals surface area contributed by atoms with Crippen LogP contribution in [0.1, 0.15) is 33.9 Å². The molecule has 1 aliphatic heterocycles. The molecule has 6 aromatic rings. The quantitative estimate of drug-likeness (QED) is 0.0551. The summed E-state index contributed by atoms with van der Waals surface area (Å²) in [5.74, 6) is -0.602. The molecule has 1 N–H and O–H groups in total. The molecule has 3 heterocycles. The van der Waals surface area contributed by atoms with Crippen molar-refractivity contribution in [1.29, 1.82) is 0 Å². The summed E-state index contributed by atoms with van der Waals surface area (Å²) in [5, 5.41) is 22.8.